The van der Waals surface area contributed by atoms with Gasteiger partial charge in [-0.3, -0.25) is 0 Å². The second-order valence-corrected chi connectivity index (χ2v) is 3.96. The first-order chi connectivity index (χ1) is 5.76. The molecule has 0 aliphatic heterocycles. The average molecular weight is 191 g/mol. The molecule has 0 saturated carbocycles. The van der Waals surface area contributed by atoms with E-state index in [4.69, 9.17) is 0 Å². The highest BCUT2D eigenvalue weighted by atomic mass is 32.2. The first-order valence-corrected chi connectivity index (χ1v) is 6.22. The number of rotatable bonds is 5. The predicted octanol–water partition coefficient (Wildman–Crippen LogP) is 3.11. The molecule has 0 unspecified atom stereocenters. The predicted molar refractivity (Wildman–Crippen MR) is 62.1 cm³/mol. The molecule has 0 aromatic heterocycles. The van der Waals surface area contributed by atoms with Crippen molar-refractivity contribution in [2.24, 2.45) is 0 Å². The summed E-state index contributed by atoms with van der Waals surface area (Å²) in [5, 5.41) is 0. The standard InChI is InChI=1S/C6H15N.C4H10S/c1-4-7(5-2)6-3;1-3-5-4-2/h4-6H2,1-3H3;3-4H2,1-2H3. The highest BCUT2D eigenvalue weighted by Gasteiger charge is 1.89. The zero-order chi connectivity index (χ0) is 9.82. The van der Waals surface area contributed by atoms with Gasteiger partial charge in [-0.05, 0) is 31.1 Å². The average Bonchev–Trinajstić information content (AvgIpc) is 2.10. The van der Waals surface area contributed by atoms with Crippen LogP contribution in [-0.2, 0) is 0 Å². The number of hydrogen-bond acceptors (Lipinski definition) is 2. The molecule has 0 aliphatic carbocycles. The number of nitrogens with zero attached hydrogens (tertiary/aromatic N) is 1. The first-order valence-electron chi connectivity index (χ1n) is 5.06. The van der Waals surface area contributed by atoms with Crippen molar-refractivity contribution in [3.8, 4) is 0 Å². The van der Waals surface area contributed by atoms with Crippen molar-refractivity contribution in [1.29, 1.82) is 0 Å². The van der Waals surface area contributed by atoms with Crippen molar-refractivity contribution in [1.82, 2.24) is 4.90 Å². The second-order valence-electron chi connectivity index (χ2n) is 2.40. The molecule has 0 N–H and O–H groups in total. The smallest absolute Gasteiger partial charge is 0.00474 e. The summed E-state index contributed by atoms with van der Waals surface area (Å²) in [5.74, 6) is 2.52. The van der Waals surface area contributed by atoms with E-state index in [1.165, 1.54) is 31.1 Å². The van der Waals surface area contributed by atoms with Crippen LogP contribution in [0.1, 0.15) is 34.6 Å². The Morgan fingerprint density at radius 2 is 1.08 bits per heavy atom. The van der Waals surface area contributed by atoms with Gasteiger partial charge in [-0.25, -0.2) is 0 Å². The lowest BCUT2D eigenvalue weighted by Gasteiger charge is -2.13. The third kappa shape index (κ3) is 12.9. The van der Waals surface area contributed by atoms with Crippen LogP contribution in [0.15, 0.2) is 0 Å². The molecule has 0 atom stereocenters. The van der Waals surface area contributed by atoms with Gasteiger partial charge in [-0.15, -0.1) is 0 Å². The summed E-state index contributed by atoms with van der Waals surface area (Å²) in [5.41, 5.74) is 0. The van der Waals surface area contributed by atoms with Crippen LogP contribution in [0.4, 0.5) is 0 Å². The Balaban J connectivity index is 0. The van der Waals surface area contributed by atoms with Gasteiger partial charge in [0.25, 0.3) is 0 Å². The summed E-state index contributed by atoms with van der Waals surface area (Å²) in [6.45, 7) is 14.5. The Hall–Kier alpha value is 0.310. The van der Waals surface area contributed by atoms with Gasteiger partial charge < -0.3 is 4.90 Å². The molecule has 0 aromatic carbocycles. The summed E-state index contributed by atoms with van der Waals surface area (Å²) >= 11 is 1.96. The Kier molecular flexibility index (Phi) is 17.1. The maximum atomic E-state index is 2.38. The van der Waals surface area contributed by atoms with Crippen LogP contribution in [-0.4, -0.2) is 36.0 Å². The van der Waals surface area contributed by atoms with Gasteiger partial charge in [0.1, 0.15) is 0 Å². The Morgan fingerprint density at radius 3 is 1.08 bits per heavy atom. The van der Waals surface area contributed by atoms with E-state index in [-0.39, 0.29) is 0 Å². The summed E-state index contributed by atoms with van der Waals surface area (Å²) < 4.78 is 0. The molecular weight excluding hydrogens is 166 g/mol. The van der Waals surface area contributed by atoms with E-state index < -0.39 is 0 Å². The Labute approximate surface area is 82.9 Å². The molecule has 0 spiro atoms. The third-order valence-electron chi connectivity index (χ3n) is 1.75. The van der Waals surface area contributed by atoms with Gasteiger partial charge in [0, 0.05) is 0 Å². The largest absolute Gasteiger partial charge is 0.304 e. The van der Waals surface area contributed by atoms with Crippen LogP contribution in [0, 0.1) is 0 Å². The summed E-state index contributed by atoms with van der Waals surface area (Å²) in [6.07, 6.45) is 0. The van der Waals surface area contributed by atoms with Gasteiger partial charge in [0.15, 0.2) is 0 Å². The SMILES string of the molecule is CCN(CC)CC.CCSCC. The van der Waals surface area contributed by atoms with Crippen LogP contribution in [0.25, 0.3) is 0 Å². The molecule has 0 fully saturated rings. The van der Waals surface area contributed by atoms with Crippen LogP contribution in [0.2, 0.25) is 0 Å². The molecule has 0 bridgehead atoms. The van der Waals surface area contributed by atoms with E-state index in [2.05, 4.69) is 39.5 Å². The molecule has 76 valence electrons. The van der Waals surface area contributed by atoms with E-state index in [0.29, 0.717) is 0 Å². The van der Waals surface area contributed by atoms with Gasteiger partial charge in [0.05, 0.1) is 0 Å². The Morgan fingerprint density at radius 1 is 0.750 bits per heavy atom. The maximum absolute atomic E-state index is 2.38. The molecule has 0 radical (unpaired) electrons. The topological polar surface area (TPSA) is 3.24 Å². The van der Waals surface area contributed by atoms with Crippen molar-refractivity contribution in [2.75, 3.05) is 31.1 Å². The van der Waals surface area contributed by atoms with Crippen molar-refractivity contribution >= 4 is 11.8 Å². The zero-order valence-electron chi connectivity index (χ0n) is 9.39. The second kappa shape index (κ2) is 13.9. The van der Waals surface area contributed by atoms with Gasteiger partial charge in [0.2, 0.25) is 0 Å². The van der Waals surface area contributed by atoms with E-state index in [9.17, 15) is 0 Å². The maximum Gasteiger partial charge on any atom is -0.00474 e. The molecule has 0 amide bonds. The molecule has 12 heavy (non-hydrogen) atoms. The van der Waals surface area contributed by atoms with Crippen molar-refractivity contribution in [3.63, 3.8) is 0 Å². The van der Waals surface area contributed by atoms with Crippen molar-refractivity contribution in [3.05, 3.63) is 0 Å². The van der Waals surface area contributed by atoms with Crippen molar-refractivity contribution in [2.45, 2.75) is 34.6 Å². The highest BCUT2D eigenvalue weighted by Crippen LogP contribution is 1.93. The minimum Gasteiger partial charge on any atom is -0.304 e. The van der Waals surface area contributed by atoms with E-state index >= 15 is 0 Å². The fourth-order valence-corrected chi connectivity index (χ4v) is 1.28. The van der Waals surface area contributed by atoms with Crippen LogP contribution in [0.3, 0.4) is 0 Å². The monoisotopic (exact) mass is 191 g/mol. The molecule has 0 aliphatic rings. The number of hydrogen-bond donors (Lipinski definition) is 0. The molecule has 0 heterocycles. The first kappa shape index (κ1) is 14.8. The molecule has 1 nitrogen and oxygen atoms in total. The minimum absolute atomic E-state index is 1.19. The van der Waals surface area contributed by atoms with Crippen LogP contribution >= 0.6 is 11.8 Å². The van der Waals surface area contributed by atoms with Crippen LogP contribution in [0.5, 0.6) is 0 Å². The van der Waals surface area contributed by atoms with E-state index in [1.807, 2.05) is 11.8 Å². The van der Waals surface area contributed by atoms with Gasteiger partial charge in [-0.1, -0.05) is 34.6 Å². The third-order valence-corrected chi connectivity index (χ3v) is 2.57. The zero-order valence-corrected chi connectivity index (χ0v) is 10.2. The lowest BCUT2D eigenvalue weighted by molar-refractivity contribution is 0.321. The quantitative estimate of drug-likeness (QED) is 0.657. The Bertz CT molecular complexity index is 55.3. The summed E-state index contributed by atoms with van der Waals surface area (Å²) in [6, 6.07) is 0. The normalized spacial score (nSPS) is 9.50. The minimum atomic E-state index is 1.19. The molecule has 0 rings (SSSR count). The van der Waals surface area contributed by atoms with E-state index in [0.717, 1.165) is 0 Å². The van der Waals surface area contributed by atoms with Crippen LogP contribution < -0.4 is 0 Å². The molecule has 0 aromatic rings. The van der Waals surface area contributed by atoms with Gasteiger partial charge >= 0.3 is 0 Å². The van der Waals surface area contributed by atoms with Crippen molar-refractivity contribution < 1.29 is 0 Å². The molecule has 0 saturated heterocycles. The fourth-order valence-electron chi connectivity index (χ4n) is 0.875. The fraction of sp³-hybridized carbons (Fsp3) is 1.00. The summed E-state index contributed by atoms with van der Waals surface area (Å²) in [7, 11) is 0. The lowest BCUT2D eigenvalue weighted by Crippen LogP contribution is -2.21. The molecular formula is C10H25NS. The lowest BCUT2D eigenvalue weighted by atomic mass is 10.5. The highest BCUT2D eigenvalue weighted by molar-refractivity contribution is 7.99. The molecule has 2 heteroatoms. The summed E-state index contributed by atoms with van der Waals surface area (Å²) in [4.78, 5) is 2.38. The van der Waals surface area contributed by atoms with E-state index in [1.54, 1.807) is 0 Å². The van der Waals surface area contributed by atoms with Gasteiger partial charge in [-0.2, -0.15) is 11.8 Å². The number of thioether (sulfide) groups is 1.